The Hall–Kier alpha value is -0.820. The Bertz CT molecular complexity index is 293. The minimum Gasteiger partial charge on any atom is -0.310 e. The fourth-order valence-electron chi connectivity index (χ4n) is 2.14. The number of rotatable bonds is 1. The summed E-state index contributed by atoms with van der Waals surface area (Å²) in [5.74, 6) is 0.779. The maximum Gasteiger partial charge on any atom is 0.0346 e. The molecule has 1 fully saturated rings. The van der Waals surface area contributed by atoms with Crippen LogP contribution in [0.5, 0.6) is 0 Å². The minimum absolute atomic E-state index is 0.583. The van der Waals surface area contributed by atoms with Gasteiger partial charge in [0.1, 0.15) is 0 Å². The van der Waals surface area contributed by atoms with Crippen LogP contribution in [-0.2, 0) is 0 Å². The second kappa shape index (κ2) is 3.51. The Morgan fingerprint density at radius 2 is 2.23 bits per heavy atom. The molecule has 1 nitrogen and oxygen atoms in total. The van der Waals surface area contributed by atoms with Crippen molar-refractivity contribution in [1.29, 1.82) is 0 Å². The van der Waals surface area contributed by atoms with Crippen LogP contribution >= 0.6 is 0 Å². The Kier molecular flexibility index (Phi) is 2.36. The van der Waals surface area contributed by atoms with Crippen LogP contribution < -0.4 is 5.32 Å². The van der Waals surface area contributed by atoms with Gasteiger partial charge in [0.05, 0.1) is 0 Å². The van der Waals surface area contributed by atoms with Crippen molar-refractivity contribution in [2.45, 2.75) is 26.3 Å². The Balaban J connectivity index is 2.24. The molecule has 1 heteroatoms. The highest BCUT2D eigenvalue weighted by Crippen LogP contribution is 2.28. The third kappa shape index (κ3) is 1.75. The first-order valence-corrected chi connectivity index (χ1v) is 5.07. The maximum absolute atomic E-state index is 3.55. The highest BCUT2D eigenvalue weighted by Gasteiger charge is 2.23. The van der Waals surface area contributed by atoms with Crippen molar-refractivity contribution >= 4 is 0 Å². The average Bonchev–Trinajstić information content (AvgIpc) is 2.51. The molecule has 1 heterocycles. The van der Waals surface area contributed by atoms with Crippen molar-refractivity contribution in [3.8, 4) is 0 Å². The van der Waals surface area contributed by atoms with Crippen molar-refractivity contribution in [2.24, 2.45) is 5.92 Å². The fourth-order valence-corrected chi connectivity index (χ4v) is 2.14. The normalized spacial score (nSPS) is 27.8. The Morgan fingerprint density at radius 3 is 2.85 bits per heavy atom. The van der Waals surface area contributed by atoms with Crippen LogP contribution in [0.15, 0.2) is 24.3 Å². The zero-order valence-corrected chi connectivity index (χ0v) is 8.38. The molecule has 1 aliphatic rings. The second-order valence-electron chi connectivity index (χ2n) is 4.11. The number of nitrogens with one attached hydrogen (secondary N) is 1. The van der Waals surface area contributed by atoms with E-state index in [1.807, 2.05) is 0 Å². The van der Waals surface area contributed by atoms with Crippen LogP contribution in [0.25, 0.3) is 0 Å². The summed E-state index contributed by atoms with van der Waals surface area (Å²) in [5, 5.41) is 3.55. The van der Waals surface area contributed by atoms with E-state index in [0.717, 1.165) is 5.92 Å². The van der Waals surface area contributed by atoms with E-state index in [1.54, 1.807) is 0 Å². The lowest BCUT2D eigenvalue weighted by atomic mass is 9.95. The van der Waals surface area contributed by atoms with Gasteiger partial charge in [0.25, 0.3) is 0 Å². The summed E-state index contributed by atoms with van der Waals surface area (Å²) in [5.41, 5.74) is 2.81. The quantitative estimate of drug-likeness (QED) is 0.692. The highest BCUT2D eigenvalue weighted by molar-refractivity contribution is 5.26. The van der Waals surface area contributed by atoms with Gasteiger partial charge in [-0.05, 0) is 31.4 Å². The van der Waals surface area contributed by atoms with Gasteiger partial charge in [0, 0.05) is 6.04 Å². The van der Waals surface area contributed by atoms with E-state index < -0.39 is 0 Å². The predicted octanol–water partition coefficient (Wildman–Crippen LogP) is 2.67. The lowest BCUT2D eigenvalue weighted by Crippen LogP contribution is -2.16. The molecule has 0 saturated carbocycles. The largest absolute Gasteiger partial charge is 0.310 e. The fraction of sp³-hybridized carbons (Fsp3) is 0.500. The Labute approximate surface area is 80.2 Å². The number of hydrogen-bond acceptors (Lipinski definition) is 1. The summed E-state index contributed by atoms with van der Waals surface area (Å²) in [7, 11) is 0. The molecule has 70 valence electrons. The SMILES string of the molecule is Cc1cccc([C@@H]2NCC[C@H]2C)c1. The van der Waals surface area contributed by atoms with Gasteiger partial charge in [-0.15, -0.1) is 0 Å². The van der Waals surface area contributed by atoms with Crippen LogP contribution in [-0.4, -0.2) is 6.54 Å². The molecule has 1 aromatic carbocycles. The predicted molar refractivity (Wildman–Crippen MR) is 55.7 cm³/mol. The smallest absolute Gasteiger partial charge is 0.0346 e. The van der Waals surface area contributed by atoms with E-state index in [-0.39, 0.29) is 0 Å². The van der Waals surface area contributed by atoms with E-state index in [9.17, 15) is 0 Å². The molecule has 1 N–H and O–H groups in total. The first-order chi connectivity index (χ1) is 6.27. The lowest BCUT2D eigenvalue weighted by Gasteiger charge is -2.16. The molecule has 1 aliphatic heterocycles. The van der Waals surface area contributed by atoms with Gasteiger partial charge in [-0.1, -0.05) is 36.8 Å². The van der Waals surface area contributed by atoms with Gasteiger partial charge in [0.15, 0.2) is 0 Å². The lowest BCUT2D eigenvalue weighted by molar-refractivity contribution is 0.503. The molecule has 0 unspecified atom stereocenters. The van der Waals surface area contributed by atoms with Crippen LogP contribution in [0.1, 0.15) is 30.5 Å². The first kappa shape index (κ1) is 8.76. The second-order valence-corrected chi connectivity index (χ2v) is 4.11. The van der Waals surface area contributed by atoms with Crippen LogP contribution in [0.4, 0.5) is 0 Å². The van der Waals surface area contributed by atoms with E-state index >= 15 is 0 Å². The molecule has 0 aliphatic carbocycles. The highest BCUT2D eigenvalue weighted by atomic mass is 14.9. The molecule has 0 aromatic heterocycles. The summed E-state index contributed by atoms with van der Waals surface area (Å²) in [6.07, 6.45) is 1.30. The molecule has 2 rings (SSSR count). The number of hydrogen-bond donors (Lipinski definition) is 1. The third-order valence-corrected chi connectivity index (χ3v) is 2.93. The van der Waals surface area contributed by atoms with Crippen LogP contribution in [0, 0.1) is 12.8 Å². The van der Waals surface area contributed by atoms with E-state index in [0.29, 0.717) is 6.04 Å². The summed E-state index contributed by atoms with van der Waals surface area (Å²) in [4.78, 5) is 0. The van der Waals surface area contributed by atoms with Gasteiger partial charge in [-0.25, -0.2) is 0 Å². The summed E-state index contributed by atoms with van der Waals surface area (Å²) < 4.78 is 0. The van der Waals surface area contributed by atoms with Gasteiger partial charge in [-0.2, -0.15) is 0 Å². The van der Waals surface area contributed by atoms with Gasteiger partial charge >= 0.3 is 0 Å². The van der Waals surface area contributed by atoms with Crippen molar-refractivity contribution in [3.05, 3.63) is 35.4 Å². The summed E-state index contributed by atoms with van der Waals surface area (Å²) in [6.45, 7) is 5.65. The van der Waals surface area contributed by atoms with E-state index in [4.69, 9.17) is 0 Å². The maximum atomic E-state index is 3.55. The molecule has 0 bridgehead atoms. The van der Waals surface area contributed by atoms with Gasteiger partial charge < -0.3 is 5.32 Å². The summed E-state index contributed by atoms with van der Waals surface area (Å²) >= 11 is 0. The standard InChI is InChI=1S/C12H17N/c1-9-4-3-5-11(8-9)12-10(2)6-7-13-12/h3-5,8,10,12-13H,6-7H2,1-2H3/t10-,12-/m1/s1. The Morgan fingerprint density at radius 1 is 1.38 bits per heavy atom. The third-order valence-electron chi connectivity index (χ3n) is 2.93. The molecular weight excluding hydrogens is 158 g/mol. The van der Waals surface area contributed by atoms with Crippen molar-refractivity contribution in [2.75, 3.05) is 6.54 Å². The molecular formula is C12H17N. The summed E-state index contributed by atoms with van der Waals surface area (Å²) in [6, 6.07) is 9.41. The first-order valence-electron chi connectivity index (χ1n) is 5.07. The molecule has 0 amide bonds. The number of benzene rings is 1. The topological polar surface area (TPSA) is 12.0 Å². The molecule has 1 aromatic rings. The van der Waals surface area contributed by atoms with E-state index in [1.165, 1.54) is 24.1 Å². The van der Waals surface area contributed by atoms with Gasteiger partial charge in [0.2, 0.25) is 0 Å². The molecule has 0 radical (unpaired) electrons. The van der Waals surface area contributed by atoms with E-state index in [2.05, 4.69) is 43.4 Å². The molecule has 0 spiro atoms. The molecule has 1 saturated heterocycles. The van der Waals surface area contributed by atoms with Gasteiger partial charge in [-0.3, -0.25) is 0 Å². The zero-order valence-electron chi connectivity index (χ0n) is 8.38. The van der Waals surface area contributed by atoms with Crippen molar-refractivity contribution < 1.29 is 0 Å². The van der Waals surface area contributed by atoms with Crippen molar-refractivity contribution in [3.63, 3.8) is 0 Å². The average molecular weight is 175 g/mol. The van der Waals surface area contributed by atoms with Crippen LogP contribution in [0.3, 0.4) is 0 Å². The molecule has 2 atom stereocenters. The molecule has 13 heavy (non-hydrogen) atoms. The van der Waals surface area contributed by atoms with Crippen molar-refractivity contribution in [1.82, 2.24) is 5.32 Å². The minimum atomic E-state index is 0.583. The zero-order chi connectivity index (χ0) is 9.26. The van der Waals surface area contributed by atoms with Crippen LogP contribution in [0.2, 0.25) is 0 Å². The monoisotopic (exact) mass is 175 g/mol. The number of aryl methyl sites for hydroxylation is 1.